The van der Waals surface area contributed by atoms with Crippen molar-refractivity contribution in [2.75, 3.05) is 24.2 Å². The lowest BCUT2D eigenvalue weighted by Crippen LogP contribution is -2.11. The van der Waals surface area contributed by atoms with E-state index in [9.17, 15) is 16.8 Å². The Morgan fingerprint density at radius 3 is 2.70 bits per heavy atom. The van der Waals surface area contributed by atoms with Crippen LogP contribution >= 0.6 is 0 Å². The van der Waals surface area contributed by atoms with Crippen LogP contribution in [-0.2, 0) is 30.8 Å². The van der Waals surface area contributed by atoms with Crippen molar-refractivity contribution < 1.29 is 25.6 Å². The molecule has 1 aromatic rings. The molecule has 0 bridgehead atoms. The van der Waals surface area contributed by atoms with Crippen molar-refractivity contribution in [2.24, 2.45) is 0 Å². The fraction of sp³-hybridized carbons (Fsp3) is 0.455. The molecular weight excluding hydrogens is 306 g/mol. The monoisotopic (exact) mass is 321 g/mol. The fourth-order valence-corrected chi connectivity index (χ4v) is 3.39. The third kappa shape index (κ3) is 3.92. The summed E-state index contributed by atoms with van der Waals surface area (Å²) in [5.74, 6) is -0.531. The second-order valence-corrected chi connectivity index (χ2v) is 7.60. The van der Waals surface area contributed by atoms with Gasteiger partial charge in [-0.2, -0.15) is 16.8 Å². The smallest absolute Gasteiger partial charge is 0.296 e. The summed E-state index contributed by atoms with van der Waals surface area (Å²) >= 11 is 0. The number of hydrogen-bond donors (Lipinski definition) is 2. The van der Waals surface area contributed by atoms with Crippen LogP contribution in [0.2, 0.25) is 0 Å². The van der Waals surface area contributed by atoms with Crippen LogP contribution in [0.5, 0.6) is 0 Å². The third-order valence-electron chi connectivity index (χ3n) is 2.86. The first-order chi connectivity index (χ1) is 9.28. The van der Waals surface area contributed by atoms with Gasteiger partial charge in [-0.1, -0.05) is 0 Å². The van der Waals surface area contributed by atoms with Gasteiger partial charge in [0.2, 0.25) is 0 Å². The van der Waals surface area contributed by atoms with Gasteiger partial charge in [-0.3, -0.25) is 8.74 Å². The molecule has 9 heteroatoms. The summed E-state index contributed by atoms with van der Waals surface area (Å²) in [5, 5.41) is 3.12. The van der Waals surface area contributed by atoms with E-state index in [0.29, 0.717) is 0 Å². The molecule has 0 saturated carbocycles. The predicted octanol–water partition coefficient (Wildman–Crippen LogP) is 0.638. The largest absolute Gasteiger partial charge is 0.384 e. The minimum absolute atomic E-state index is 0.0480. The molecule has 1 aliphatic rings. The van der Waals surface area contributed by atoms with E-state index in [4.69, 9.17) is 8.74 Å². The average Bonchev–Trinajstić information content (AvgIpc) is 2.80. The molecule has 112 valence electrons. The molecule has 0 unspecified atom stereocenters. The molecule has 1 aliphatic heterocycles. The van der Waals surface area contributed by atoms with Crippen molar-refractivity contribution in [1.29, 1.82) is 0 Å². The molecule has 1 aromatic carbocycles. The molecule has 0 spiro atoms. The number of rotatable bonds is 6. The zero-order valence-corrected chi connectivity index (χ0v) is 12.2. The van der Waals surface area contributed by atoms with Crippen LogP contribution in [0.25, 0.3) is 0 Å². The maximum atomic E-state index is 11.9. The van der Waals surface area contributed by atoms with Crippen LogP contribution < -0.4 is 5.32 Å². The maximum absolute atomic E-state index is 11.9. The highest BCUT2D eigenvalue weighted by molar-refractivity contribution is 7.86. The molecule has 0 radical (unpaired) electrons. The highest BCUT2D eigenvalue weighted by atomic mass is 32.2. The van der Waals surface area contributed by atoms with Gasteiger partial charge in [0, 0.05) is 12.2 Å². The van der Waals surface area contributed by atoms with Gasteiger partial charge in [-0.05, 0) is 36.6 Å². The van der Waals surface area contributed by atoms with E-state index >= 15 is 0 Å². The van der Waals surface area contributed by atoms with E-state index in [-0.39, 0.29) is 17.9 Å². The number of anilines is 1. The first kappa shape index (κ1) is 15.2. The van der Waals surface area contributed by atoms with Crippen molar-refractivity contribution in [3.8, 4) is 0 Å². The minimum Gasteiger partial charge on any atom is -0.384 e. The zero-order valence-electron chi connectivity index (χ0n) is 10.6. The van der Waals surface area contributed by atoms with Gasteiger partial charge in [-0.15, -0.1) is 0 Å². The molecule has 7 nitrogen and oxygen atoms in total. The van der Waals surface area contributed by atoms with Crippen LogP contribution in [0.15, 0.2) is 23.1 Å². The first-order valence-electron chi connectivity index (χ1n) is 5.99. The second kappa shape index (κ2) is 5.68. The van der Waals surface area contributed by atoms with Gasteiger partial charge in [0.05, 0.1) is 17.3 Å². The van der Waals surface area contributed by atoms with Gasteiger partial charge < -0.3 is 5.32 Å². The van der Waals surface area contributed by atoms with Crippen molar-refractivity contribution in [3.63, 3.8) is 0 Å². The fourth-order valence-electron chi connectivity index (χ4n) is 1.91. The van der Waals surface area contributed by atoms with Crippen LogP contribution in [0, 0.1) is 0 Å². The predicted molar refractivity (Wildman–Crippen MR) is 72.8 cm³/mol. The number of nitrogens with one attached hydrogen (secondary N) is 1. The van der Waals surface area contributed by atoms with Gasteiger partial charge in [0.15, 0.2) is 0 Å². The Morgan fingerprint density at radius 2 is 2.00 bits per heavy atom. The molecule has 0 fully saturated rings. The maximum Gasteiger partial charge on any atom is 0.296 e. The molecule has 0 aliphatic carbocycles. The van der Waals surface area contributed by atoms with Gasteiger partial charge in [0.1, 0.15) is 0 Å². The van der Waals surface area contributed by atoms with E-state index in [1.165, 1.54) is 6.07 Å². The topological polar surface area (TPSA) is 110 Å². The molecule has 0 saturated heterocycles. The normalized spacial score (nSPS) is 14.8. The van der Waals surface area contributed by atoms with Crippen molar-refractivity contribution >= 4 is 25.9 Å². The van der Waals surface area contributed by atoms with Crippen LogP contribution in [0.4, 0.5) is 5.69 Å². The Morgan fingerprint density at radius 1 is 1.25 bits per heavy atom. The Hall–Kier alpha value is -1.16. The Labute approximate surface area is 117 Å². The summed E-state index contributed by atoms with van der Waals surface area (Å²) in [7, 11) is -8.00. The zero-order chi connectivity index (χ0) is 14.8. The van der Waals surface area contributed by atoms with E-state index in [1.807, 2.05) is 0 Å². The van der Waals surface area contributed by atoms with Crippen molar-refractivity contribution in [1.82, 2.24) is 0 Å². The molecule has 2 rings (SSSR count). The SMILES string of the molecule is O=S(=O)(O)CCCOS(=O)(=O)c1ccc2c(c1)CCN2. The quantitative estimate of drug-likeness (QED) is 0.449. The van der Waals surface area contributed by atoms with Crippen LogP contribution in [0.1, 0.15) is 12.0 Å². The lowest BCUT2D eigenvalue weighted by molar-refractivity contribution is 0.316. The summed E-state index contributed by atoms with van der Waals surface area (Å²) in [5.41, 5.74) is 1.82. The lowest BCUT2D eigenvalue weighted by atomic mass is 10.2. The minimum atomic E-state index is -4.10. The molecule has 0 amide bonds. The first-order valence-corrected chi connectivity index (χ1v) is 9.01. The number of benzene rings is 1. The Balaban J connectivity index is 2.00. The highest BCUT2D eigenvalue weighted by Crippen LogP contribution is 2.25. The van der Waals surface area contributed by atoms with Crippen molar-refractivity contribution in [2.45, 2.75) is 17.7 Å². The molecule has 1 heterocycles. The van der Waals surface area contributed by atoms with Gasteiger partial charge in [0.25, 0.3) is 20.2 Å². The molecule has 0 aromatic heterocycles. The molecule has 0 atom stereocenters. The Kier molecular flexibility index (Phi) is 4.33. The molecule has 2 N–H and O–H groups in total. The standard InChI is InChI=1S/C11H15NO6S2/c13-19(14,15)7-1-6-18-20(16,17)10-2-3-11-9(8-10)4-5-12-11/h2-3,8,12H,1,4-7H2,(H,13,14,15). The van der Waals surface area contributed by atoms with Gasteiger partial charge >= 0.3 is 0 Å². The summed E-state index contributed by atoms with van der Waals surface area (Å²) < 4.78 is 58.1. The summed E-state index contributed by atoms with van der Waals surface area (Å²) in [6, 6.07) is 4.67. The van der Waals surface area contributed by atoms with Crippen LogP contribution in [0.3, 0.4) is 0 Å². The van der Waals surface area contributed by atoms with E-state index in [1.54, 1.807) is 12.1 Å². The molecular formula is C11H15NO6S2. The van der Waals surface area contributed by atoms with Crippen LogP contribution in [-0.4, -0.2) is 40.3 Å². The number of hydrogen-bond acceptors (Lipinski definition) is 6. The summed E-state index contributed by atoms with van der Waals surface area (Å²) in [6.07, 6.45) is 0.659. The lowest BCUT2D eigenvalue weighted by Gasteiger charge is -2.07. The summed E-state index contributed by atoms with van der Waals surface area (Å²) in [6.45, 7) is 0.478. The third-order valence-corrected chi connectivity index (χ3v) is 4.97. The van der Waals surface area contributed by atoms with Gasteiger partial charge in [-0.25, -0.2) is 0 Å². The highest BCUT2D eigenvalue weighted by Gasteiger charge is 2.19. The van der Waals surface area contributed by atoms with E-state index in [2.05, 4.69) is 5.32 Å². The Bertz CT molecular complexity index is 696. The molecule has 20 heavy (non-hydrogen) atoms. The second-order valence-electron chi connectivity index (χ2n) is 4.41. The number of fused-ring (bicyclic) bond motifs is 1. The van der Waals surface area contributed by atoms with Crippen molar-refractivity contribution in [3.05, 3.63) is 23.8 Å². The van der Waals surface area contributed by atoms with E-state index < -0.39 is 26.0 Å². The summed E-state index contributed by atoms with van der Waals surface area (Å²) in [4.78, 5) is 0.0480. The average molecular weight is 321 g/mol. The van der Waals surface area contributed by atoms with E-state index in [0.717, 1.165) is 24.2 Å².